The number of nitrogens with two attached hydrogens (primary N) is 1. The molecule has 0 aliphatic rings. The maximum atomic E-state index is 11.9. The molecule has 0 spiro atoms. The van der Waals surface area contributed by atoms with Crippen molar-refractivity contribution in [2.75, 3.05) is 13.1 Å². The summed E-state index contributed by atoms with van der Waals surface area (Å²) in [6.07, 6.45) is 3.29. The SMILES string of the molecule is CCC(C)(CN)C(=O)NCCc1ccnn1C. The van der Waals surface area contributed by atoms with Crippen LogP contribution in [-0.2, 0) is 18.3 Å². The minimum absolute atomic E-state index is 0.0321. The van der Waals surface area contributed by atoms with Crippen LogP contribution >= 0.6 is 0 Å². The van der Waals surface area contributed by atoms with Crippen LogP contribution in [0.5, 0.6) is 0 Å². The fourth-order valence-electron chi connectivity index (χ4n) is 1.56. The monoisotopic (exact) mass is 238 g/mol. The third-order valence-electron chi connectivity index (χ3n) is 3.37. The highest BCUT2D eigenvalue weighted by molar-refractivity contribution is 5.82. The van der Waals surface area contributed by atoms with Crippen LogP contribution in [0.1, 0.15) is 26.0 Å². The number of carbonyl (C=O) groups is 1. The Bertz CT molecular complexity index is 368. The van der Waals surface area contributed by atoms with Gasteiger partial charge < -0.3 is 11.1 Å². The minimum Gasteiger partial charge on any atom is -0.355 e. The number of nitrogens with zero attached hydrogens (tertiary/aromatic N) is 2. The van der Waals surface area contributed by atoms with Gasteiger partial charge in [0.1, 0.15) is 0 Å². The Kier molecular flexibility index (Phi) is 4.69. The van der Waals surface area contributed by atoms with Crippen LogP contribution in [0.4, 0.5) is 0 Å². The summed E-state index contributed by atoms with van der Waals surface area (Å²) in [4.78, 5) is 11.9. The summed E-state index contributed by atoms with van der Waals surface area (Å²) in [6, 6.07) is 1.95. The molecule has 0 aromatic carbocycles. The number of aromatic nitrogens is 2. The van der Waals surface area contributed by atoms with E-state index in [4.69, 9.17) is 5.73 Å². The number of rotatable bonds is 6. The molecule has 5 heteroatoms. The lowest BCUT2D eigenvalue weighted by Crippen LogP contribution is -2.44. The molecule has 3 N–H and O–H groups in total. The van der Waals surface area contributed by atoms with E-state index in [-0.39, 0.29) is 5.91 Å². The first-order valence-electron chi connectivity index (χ1n) is 5.98. The molecular formula is C12H22N4O. The Morgan fingerprint density at radius 2 is 2.35 bits per heavy atom. The number of aryl methyl sites for hydroxylation is 1. The van der Waals surface area contributed by atoms with Crippen LogP contribution in [0, 0.1) is 5.41 Å². The Morgan fingerprint density at radius 3 is 2.82 bits per heavy atom. The predicted molar refractivity (Wildman–Crippen MR) is 67.4 cm³/mol. The Labute approximate surface area is 102 Å². The van der Waals surface area contributed by atoms with E-state index in [2.05, 4.69) is 10.4 Å². The van der Waals surface area contributed by atoms with E-state index in [1.807, 2.05) is 31.6 Å². The summed E-state index contributed by atoms with van der Waals surface area (Å²) in [5.41, 5.74) is 6.29. The molecule has 5 nitrogen and oxygen atoms in total. The lowest BCUT2D eigenvalue weighted by Gasteiger charge is -2.24. The van der Waals surface area contributed by atoms with Crippen molar-refractivity contribution in [3.05, 3.63) is 18.0 Å². The average Bonchev–Trinajstić information content (AvgIpc) is 2.74. The second-order valence-electron chi connectivity index (χ2n) is 4.57. The van der Waals surface area contributed by atoms with Gasteiger partial charge in [-0.1, -0.05) is 6.92 Å². The molecule has 1 aromatic rings. The van der Waals surface area contributed by atoms with E-state index >= 15 is 0 Å². The average molecular weight is 238 g/mol. The first kappa shape index (κ1) is 13.7. The van der Waals surface area contributed by atoms with Crippen LogP contribution in [0.15, 0.2) is 12.3 Å². The number of hydrogen-bond donors (Lipinski definition) is 2. The second kappa shape index (κ2) is 5.82. The Hall–Kier alpha value is -1.36. The summed E-state index contributed by atoms with van der Waals surface area (Å²) in [6.45, 7) is 4.87. The van der Waals surface area contributed by atoms with E-state index in [1.165, 1.54) is 0 Å². The lowest BCUT2D eigenvalue weighted by atomic mass is 9.86. The molecule has 1 heterocycles. The number of carbonyl (C=O) groups excluding carboxylic acids is 1. The van der Waals surface area contributed by atoms with Gasteiger partial charge in [-0.3, -0.25) is 9.48 Å². The highest BCUT2D eigenvalue weighted by atomic mass is 16.2. The van der Waals surface area contributed by atoms with E-state index in [9.17, 15) is 4.79 Å². The van der Waals surface area contributed by atoms with Crippen molar-refractivity contribution in [3.63, 3.8) is 0 Å². The molecule has 0 radical (unpaired) electrons. The highest BCUT2D eigenvalue weighted by Crippen LogP contribution is 2.18. The van der Waals surface area contributed by atoms with Crippen molar-refractivity contribution in [2.24, 2.45) is 18.2 Å². The van der Waals surface area contributed by atoms with Gasteiger partial charge in [-0.25, -0.2) is 0 Å². The lowest BCUT2D eigenvalue weighted by molar-refractivity contribution is -0.129. The van der Waals surface area contributed by atoms with Crippen molar-refractivity contribution in [1.29, 1.82) is 0 Å². The van der Waals surface area contributed by atoms with E-state index in [1.54, 1.807) is 6.20 Å². The second-order valence-corrected chi connectivity index (χ2v) is 4.57. The summed E-state index contributed by atoms with van der Waals surface area (Å²) in [7, 11) is 1.90. The normalized spacial score (nSPS) is 14.4. The topological polar surface area (TPSA) is 72.9 Å². The van der Waals surface area contributed by atoms with Crippen LogP contribution in [0.25, 0.3) is 0 Å². The van der Waals surface area contributed by atoms with Gasteiger partial charge in [0.2, 0.25) is 5.91 Å². The predicted octanol–water partition coefficient (Wildman–Crippen LogP) is 0.454. The van der Waals surface area contributed by atoms with Gasteiger partial charge in [-0.2, -0.15) is 5.10 Å². The van der Waals surface area contributed by atoms with Gasteiger partial charge in [0.05, 0.1) is 5.41 Å². The van der Waals surface area contributed by atoms with Gasteiger partial charge >= 0.3 is 0 Å². The molecule has 1 atom stereocenters. The van der Waals surface area contributed by atoms with E-state index < -0.39 is 5.41 Å². The molecule has 0 saturated heterocycles. The van der Waals surface area contributed by atoms with E-state index in [0.717, 1.165) is 18.5 Å². The van der Waals surface area contributed by atoms with Crippen LogP contribution < -0.4 is 11.1 Å². The maximum Gasteiger partial charge on any atom is 0.227 e. The third kappa shape index (κ3) is 3.30. The Balaban J connectivity index is 2.41. The molecule has 0 fully saturated rings. The summed E-state index contributed by atoms with van der Waals surface area (Å²) in [5.74, 6) is 0.0321. The van der Waals surface area contributed by atoms with Crippen molar-refractivity contribution in [2.45, 2.75) is 26.7 Å². The van der Waals surface area contributed by atoms with Crippen LogP contribution in [0.2, 0.25) is 0 Å². The molecule has 96 valence electrons. The van der Waals surface area contributed by atoms with Gasteiger partial charge in [-0.05, 0) is 19.4 Å². The highest BCUT2D eigenvalue weighted by Gasteiger charge is 2.29. The molecule has 1 rings (SSSR count). The summed E-state index contributed by atoms with van der Waals surface area (Å²) < 4.78 is 1.81. The molecule has 17 heavy (non-hydrogen) atoms. The summed E-state index contributed by atoms with van der Waals surface area (Å²) in [5, 5.41) is 7.01. The standard InChI is InChI=1S/C12H22N4O/c1-4-12(2,9-13)11(17)14-7-5-10-6-8-15-16(10)3/h6,8H,4-5,7,9,13H2,1-3H3,(H,14,17). The van der Waals surface area contributed by atoms with Crippen molar-refractivity contribution >= 4 is 5.91 Å². The Morgan fingerprint density at radius 1 is 1.65 bits per heavy atom. The van der Waals surface area contributed by atoms with Crippen LogP contribution in [0.3, 0.4) is 0 Å². The zero-order valence-corrected chi connectivity index (χ0v) is 10.9. The summed E-state index contributed by atoms with van der Waals surface area (Å²) >= 11 is 0. The van der Waals surface area contributed by atoms with Gasteiger partial charge in [0, 0.05) is 38.4 Å². The molecule has 0 aliphatic carbocycles. The van der Waals surface area contributed by atoms with Gasteiger partial charge in [0.15, 0.2) is 0 Å². The van der Waals surface area contributed by atoms with Crippen LogP contribution in [-0.4, -0.2) is 28.8 Å². The maximum absolute atomic E-state index is 11.9. The fourth-order valence-corrected chi connectivity index (χ4v) is 1.56. The third-order valence-corrected chi connectivity index (χ3v) is 3.37. The van der Waals surface area contributed by atoms with Crippen molar-refractivity contribution < 1.29 is 4.79 Å². The van der Waals surface area contributed by atoms with Gasteiger partial charge in [0.25, 0.3) is 0 Å². The molecule has 1 amide bonds. The molecule has 0 saturated carbocycles. The van der Waals surface area contributed by atoms with Crippen molar-refractivity contribution in [1.82, 2.24) is 15.1 Å². The zero-order chi connectivity index (χ0) is 12.9. The molecule has 0 bridgehead atoms. The van der Waals surface area contributed by atoms with Crippen molar-refractivity contribution in [3.8, 4) is 0 Å². The quantitative estimate of drug-likeness (QED) is 0.756. The molecule has 0 aliphatic heterocycles. The largest absolute Gasteiger partial charge is 0.355 e. The van der Waals surface area contributed by atoms with Gasteiger partial charge in [-0.15, -0.1) is 0 Å². The number of nitrogens with one attached hydrogen (secondary N) is 1. The molecular weight excluding hydrogens is 216 g/mol. The number of amides is 1. The fraction of sp³-hybridized carbons (Fsp3) is 0.667. The van der Waals surface area contributed by atoms with E-state index in [0.29, 0.717) is 13.1 Å². The first-order valence-corrected chi connectivity index (χ1v) is 5.98. The smallest absolute Gasteiger partial charge is 0.227 e. The molecule has 1 aromatic heterocycles. The number of hydrogen-bond acceptors (Lipinski definition) is 3. The molecule has 1 unspecified atom stereocenters. The zero-order valence-electron chi connectivity index (χ0n) is 10.9. The minimum atomic E-state index is -0.452. The first-order chi connectivity index (χ1) is 8.03.